The van der Waals surface area contributed by atoms with Gasteiger partial charge in [-0.15, -0.1) is 0 Å². The molecule has 1 fully saturated rings. The van der Waals surface area contributed by atoms with Crippen molar-refractivity contribution >= 4 is 9.84 Å². The molecule has 1 heterocycles. The van der Waals surface area contributed by atoms with Crippen molar-refractivity contribution < 1.29 is 8.42 Å². The summed E-state index contributed by atoms with van der Waals surface area (Å²) in [5.41, 5.74) is 0.904. The molecule has 14 heavy (non-hydrogen) atoms. The van der Waals surface area contributed by atoms with Gasteiger partial charge in [-0.1, -0.05) is 18.2 Å². The minimum atomic E-state index is -3.09. The number of hydrogen-bond acceptors (Lipinski definition) is 3. The fraction of sp³-hybridized carbons (Fsp3) is 0.400. The molecule has 1 unspecified atom stereocenters. The van der Waals surface area contributed by atoms with Gasteiger partial charge in [-0.05, 0) is 24.6 Å². The molecule has 1 aromatic carbocycles. The number of benzene rings is 1. The van der Waals surface area contributed by atoms with Gasteiger partial charge in [0.1, 0.15) is 0 Å². The van der Waals surface area contributed by atoms with Crippen LogP contribution >= 0.6 is 0 Å². The van der Waals surface area contributed by atoms with Crippen LogP contribution in [-0.2, 0) is 9.84 Å². The van der Waals surface area contributed by atoms with Crippen molar-refractivity contribution in [3.8, 4) is 0 Å². The quantitative estimate of drug-likeness (QED) is 0.797. The summed E-state index contributed by atoms with van der Waals surface area (Å²) in [6, 6.07) is 7.42. The SMILES string of the molecule is CS(=O)(=O)c1ccccc1C1CCN1. The van der Waals surface area contributed by atoms with E-state index in [1.165, 1.54) is 6.26 Å². The Hall–Kier alpha value is -0.870. The first kappa shape index (κ1) is 9.68. The van der Waals surface area contributed by atoms with Crippen LogP contribution in [0.25, 0.3) is 0 Å². The van der Waals surface area contributed by atoms with E-state index < -0.39 is 9.84 Å². The topological polar surface area (TPSA) is 46.2 Å². The molecule has 0 aliphatic carbocycles. The van der Waals surface area contributed by atoms with Crippen molar-refractivity contribution in [1.82, 2.24) is 5.32 Å². The Morgan fingerprint density at radius 2 is 2.00 bits per heavy atom. The minimum absolute atomic E-state index is 0.223. The van der Waals surface area contributed by atoms with E-state index in [2.05, 4.69) is 5.32 Å². The zero-order valence-corrected chi connectivity index (χ0v) is 8.84. The molecule has 0 aromatic heterocycles. The van der Waals surface area contributed by atoms with Crippen LogP contribution in [0.5, 0.6) is 0 Å². The van der Waals surface area contributed by atoms with E-state index in [9.17, 15) is 8.42 Å². The molecular weight excluding hydrogens is 198 g/mol. The maximum atomic E-state index is 11.5. The molecule has 4 heteroatoms. The lowest BCUT2D eigenvalue weighted by molar-refractivity contribution is 0.378. The van der Waals surface area contributed by atoms with Gasteiger partial charge >= 0.3 is 0 Å². The molecule has 1 aliphatic rings. The molecule has 3 nitrogen and oxygen atoms in total. The van der Waals surface area contributed by atoms with Gasteiger partial charge < -0.3 is 5.32 Å². The molecule has 0 amide bonds. The number of rotatable bonds is 2. The third-order valence-electron chi connectivity index (χ3n) is 2.52. The largest absolute Gasteiger partial charge is 0.310 e. The molecule has 1 atom stereocenters. The minimum Gasteiger partial charge on any atom is -0.310 e. The Morgan fingerprint density at radius 1 is 1.36 bits per heavy atom. The van der Waals surface area contributed by atoms with Crippen LogP contribution in [0.3, 0.4) is 0 Å². The van der Waals surface area contributed by atoms with Crippen molar-refractivity contribution in [3.05, 3.63) is 29.8 Å². The maximum absolute atomic E-state index is 11.5. The summed E-state index contributed by atoms with van der Waals surface area (Å²) in [6.45, 7) is 0.975. The fourth-order valence-electron chi connectivity index (χ4n) is 1.66. The molecule has 1 aromatic rings. The highest BCUT2D eigenvalue weighted by Gasteiger charge is 2.24. The average molecular weight is 211 g/mol. The van der Waals surface area contributed by atoms with Gasteiger partial charge in [-0.3, -0.25) is 0 Å². The van der Waals surface area contributed by atoms with E-state index in [4.69, 9.17) is 0 Å². The second-order valence-corrected chi connectivity index (χ2v) is 5.59. The second kappa shape index (κ2) is 3.37. The molecule has 0 saturated carbocycles. The molecule has 2 rings (SSSR count). The van der Waals surface area contributed by atoms with Crippen molar-refractivity contribution in [2.75, 3.05) is 12.8 Å². The molecule has 0 spiro atoms. The van der Waals surface area contributed by atoms with Crippen LogP contribution in [0.15, 0.2) is 29.2 Å². The normalized spacial score (nSPS) is 21.6. The summed E-state index contributed by atoms with van der Waals surface area (Å²) in [5, 5.41) is 3.21. The first-order valence-electron chi connectivity index (χ1n) is 4.61. The Bertz CT molecular complexity index is 435. The van der Waals surface area contributed by atoms with Crippen LogP contribution in [0.2, 0.25) is 0 Å². The number of nitrogens with one attached hydrogen (secondary N) is 1. The molecule has 1 aliphatic heterocycles. The summed E-state index contributed by atoms with van der Waals surface area (Å²) in [7, 11) is -3.09. The van der Waals surface area contributed by atoms with Gasteiger partial charge in [0.05, 0.1) is 4.90 Å². The van der Waals surface area contributed by atoms with Crippen molar-refractivity contribution in [2.24, 2.45) is 0 Å². The Labute approximate surface area is 84.1 Å². The lowest BCUT2D eigenvalue weighted by atomic mass is 9.98. The monoisotopic (exact) mass is 211 g/mol. The highest BCUT2D eigenvalue weighted by molar-refractivity contribution is 7.90. The number of hydrogen-bond donors (Lipinski definition) is 1. The lowest BCUT2D eigenvalue weighted by Gasteiger charge is -2.29. The van der Waals surface area contributed by atoms with Gasteiger partial charge in [0.2, 0.25) is 0 Å². The van der Waals surface area contributed by atoms with Crippen LogP contribution < -0.4 is 5.32 Å². The Morgan fingerprint density at radius 3 is 2.50 bits per heavy atom. The van der Waals surface area contributed by atoms with Gasteiger partial charge in [-0.25, -0.2) is 8.42 Å². The molecule has 1 saturated heterocycles. The van der Waals surface area contributed by atoms with Gasteiger partial charge in [0, 0.05) is 12.3 Å². The van der Waals surface area contributed by atoms with Gasteiger partial charge in [0.25, 0.3) is 0 Å². The summed E-state index contributed by atoms with van der Waals surface area (Å²) in [4.78, 5) is 0.456. The summed E-state index contributed by atoms with van der Waals surface area (Å²) in [5.74, 6) is 0. The predicted molar refractivity (Wildman–Crippen MR) is 54.9 cm³/mol. The van der Waals surface area contributed by atoms with Crippen LogP contribution in [0, 0.1) is 0 Å². The summed E-state index contributed by atoms with van der Waals surface area (Å²) >= 11 is 0. The number of sulfone groups is 1. The standard InChI is InChI=1S/C10H13NO2S/c1-14(12,13)10-5-3-2-4-8(10)9-6-7-11-9/h2-5,9,11H,6-7H2,1H3. The molecule has 0 bridgehead atoms. The first-order chi connectivity index (χ1) is 6.59. The van der Waals surface area contributed by atoms with Crippen LogP contribution in [0.1, 0.15) is 18.0 Å². The van der Waals surface area contributed by atoms with E-state index in [1.807, 2.05) is 12.1 Å². The Kier molecular flexibility index (Phi) is 2.33. The van der Waals surface area contributed by atoms with E-state index in [0.29, 0.717) is 4.90 Å². The third kappa shape index (κ3) is 1.67. The molecule has 76 valence electrons. The molecular formula is C10H13NO2S. The van der Waals surface area contributed by atoms with Crippen LogP contribution in [0.4, 0.5) is 0 Å². The molecule has 1 N–H and O–H groups in total. The summed E-state index contributed by atoms with van der Waals surface area (Å²) in [6.07, 6.45) is 2.27. The van der Waals surface area contributed by atoms with Crippen molar-refractivity contribution in [2.45, 2.75) is 17.4 Å². The highest BCUT2D eigenvalue weighted by atomic mass is 32.2. The van der Waals surface area contributed by atoms with Crippen molar-refractivity contribution in [3.63, 3.8) is 0 Å². The van der Waals surface area contributed by atoms with Crippen molar-refractivity contribution in [1.29, 1.82) is 0 Å². The smallest absolute Gasteiger partial charge is 0.175 e. The third-order valence-corrected chi connectivity index (χ3v) is 3.69. The predicted octanol–water partition coefficient (Wildman–Crippen LogP) is 1.12. The van der Waals surface area contributed by atoms with Gasteiger partial charge in [-0.2, -0.15) is 0 Å². The maximum Gasteiger partial charge on any atom is 0.175 e. The van der Waals surface area contributed by atoms with Gasteiger partial charge in [0.15, 0.2) is 9.84 Å². The summed E-state index contributed by atoms with van der Waals surface area (Å²) < 4.78 is 22.9. The average Bonchev–Trinajstić information content (AvgIpc) is 2.00. The van der Waals surface area contributed by atoms with E-state index in [1.54, 1.807) is 12.1 Å². The molecule has 0 radical (unpaired) electrons. The fourth-order valence-corrected chi connectivity index (χ4v) is 2.62. The zero-order chi connectivity index (χ0) is 10.2. The van der Waals surface area contributed by atoms with E-state index in [0.717, 1.165) is 18.5 Å². The second-order valence-electron chi connectivity index (χ2n) is 3.61. The highest BCUT2D eigenvalue weighted by Crippen LogP contribution is 2.28. The van der Waals surface area contributed by atoms with E-state index >= 15 is 0 Å². The van der Waals surface area contributed by atoms with Crippen LogP contribution in [-0.4, -0.2) is 21.2 Å². The zero-order valence-electron chi connectivity index (χ0n) is 8.03. The Balaban J connectivity index is 2.48. The van der Waals surface area contributed by atoms with E-state index in [-0.39, 0.29) is 6.04 Å². The first-order valence-corrected chi connectivity index (χ1v) is 6.50. The lowest BCUT2D eigenvalue weighted by Crippen LogP contribution is -2.35.